The van der Waals surface area contributed by atoms with Crippen molar-refractivity contribution in [1.29, 1.82) is 0 Å². The summed E-state index contributed by atoms with van der Waals surface area (Å²) in [5.41, 5.74) is 7.37. The van der Waals surface area contributed by atoms with E-state index < -0.39 is 0 Å². The van der Waals surface area contributed by atoms with Crippen molar-refractivity contribution in [3.63, 3.8) is 0 Å². The number of carbonyl (C=O) groups is 1. The summed E-state index contributed by atoms with van der Waals surface area (Å²) in [5, 5.41) is 6.41. The number of aryl methyl sites for hydroxylation is 4. The van der Waals surface area contributed by atoms with Gasteiger partial charge in [0.1, 0.15) is 0 Å². The molecule has 0 unspecified atom stereocenters. The molecule has 2 aromatic rings. The minimum absolute atomic E-state index is 0.00585. The van der Waals surface area contributed by atoms with E-state index in [0.29, 0.717) is 6.54 Å². The summed E-state index contributed by atoms with van der Waals surface area (Å²) in [6, 6.07) is 12.9. The van der Waals surface area contributed by atoms with Crippen LogP contribution in [-0.2, 0) is 4.79 Å². The molecule has 0 bridgehead atoms. The molecule has 0 aliphatic heterocycles. The zero-order valence-corrected chi connectivity index (χ0v) is 16.2. The van der Waals surface area contributed by atoms with Crippen molar-refractivity contribution in [3.8, 4) is 0 Å². The van der Waals surface area contributed by atoms with E-state index in [1.807, 2.05) is 6.92 Å². The summed E-state index contributed by atoms with van der Waals surface area (Å²) in [5.74, 6) is 0.0177. The Morgan fingerprint density at radius 2 is 1.32 bits per heavy atom. The first-order chi connectivity index (χ1) is 11.8. The minimum atomic E-state index is 0.00585. The Bertz CT molecular complexity index is 752. The molecule has 0 aromatic heterocycles. The Balaban J connectivity index is 1.91. The maximum absolute atomic E-state index is 12.3. The Morgan fingerprint density at radius 1 is 0.840 bits per heavy atom. The fourth-order valence-electron chi connectivity index (χ4n) is 3.35. The molecule has 0 saturated carbocycles. The Labute approximate surface area is 151 Å². The lowest BCUT2D eigenvalue weighted by molar-refractivity contribution is -0.121. The van der Waals surface area contributed by atoms with E-state index in [9.17, 15) is 4.79 Å². The lowest BCUT2D eigenvalue weighted by Gasteiger charge is -2.20. The summed E-state index contributed by atoms with van der Waals surface area (Å²) in [6.45, 7) is 12.8. The van der Waals surface area contributed by atoms with Crippen LogP contribution in [0.1, 0.15) is 59.3 Å². The molecule has 134 valence electrons. The lowest BCUT2D eigenvalue weighted by atomic mass is 10.00. The van der Waals surface area contributed by atoms with Gasteiger partial charge in [-0.2, -0.15) is 0 Å². The van der Waals surface area contributed by atoms with Crippen LogP contribution in [-0.4, -0.2) is 12.5 Å². The van der Waals surface area contributed by atoms with E-state index in [2.05, 4.69) is 81.7 Å². The van der Waals surface area contributed by atoms with Gasteiger partial charge in [-0.25, -0.2) is 0 Å². The van der Waals surface area contributed by atoms with E-state index in [-0.39, 0.29) is 18.0 Å². The van der Waals surface area contributed by atoms with Gasteiger partial charge in [0.15, 0.2) is 0 Å². The molecular weight excluding hydrogens is 308 g/mol. The summed E-state index contributed by atoms with van der Waals surface area (Å²) in [6.07, 6.45) is 0. The van der Waals surface area contributed by atoms with Crippen LogP contribution in [0.3, 0.4) is 0 Å². The average molecular weight is 338 g/mol. The number of rotatable bonds is 6. The second-order valence-corrected chi connectivity index (χ2v) is 7.11. The van der Waals surface area contributed by atoms with Crippen LogP contribution in [0.25, 0.3) is 0 Å². The molecule has 2 N–H and O–H groups in total. The van der Waals surface area contributed by atoms with Crippen molar-refractivity contribution in [1.82, 2.24) is 10.6 Å². The normalized spacial score (nSPS) is 13.4. The van der Waals surface area contributed by atoms with E-state index in [4.69, 9.17) is 0 Å². The molecule has 0 heterocycles. The van der Waals surface area contributed by atoms with Gasteiger partial charge in [-0.05, 0) is 63.8 Å². The molecular formula is C22H30N2O. The SMILES string of the molecule is Cc1ccc([C@@H](C)NCC(=O)N[C@H](C)c2ccc(C)cc2C)c(C)c1. The van der Waals surface area contributed by atoms with Gasteiger partial charge in [0, 0.05) is 6.04 Å². The molecule has 1 amide bonds. The van der Waals surface area contributed by atoms with E-state index in [1.54, 1.807) is 0 Å². The molecule has 0 radical (unpaired) electrons. The van der Waals surface area contributed by atoms with Crippen molar-refractivity contribution in [2.75, 3.05) is 6.54 Å². The van der Waals surface area contributed by atoms with Crippen molar-refractivity contribution in [3.05, 3.63) is 69.8 Å². The average Bonchev–Trinajstić information content (AvgIpc) is 2.52. The molecule has 3 nitrogen and oxygen atoms in total. The number of benzene rings is 2. The van der Waals surface area contributed by atoms with E-state index in [1.165, 1.54) is 33.4 Å². The highest BCUT2D eigenvalue weighted by Crippen LogP contribution is 2.19. The van der Waals surface area contributed by atoms with Crippen LogP contribution >= 0.6 is 0 Å². The smallest absolute Gasteiger partial charge is 0.234 e. The van der Waals surface area contributed by atoms with Crippen molar-refractivity contribution in [2.45, 2.75) is 53.6 Å². The molecule has 0 aliphatic rings. The quantitative estimate of drug-likeness (QED) is 0.817. The Kier molecular flexibility index (Phi) is 6.38. The topological polar surface area (TPSA) is 41.1 Å². The first-order valence-corrected chi connectivity index (χ1v) is 8.95. The predicted octanol–water partition coefficient (Wildman–Crippen LogP) is 4.45. The standard InChI is InChI=1S/C22H30N2O/c1-14-7-9-20(16(3)11-14)18(5)23-13-22(25)24-19(6)21-10-8-15(2)12-17(21)4/h7-12,18-19,23H,13H2,1-6H3,(H,24,25)/t18-,19-/m1/s1. The highest BCUT2D eigenvalue weighted by molar-refractivity contribution is 5.78. The van der Waals surface area contributed by atoms with E-state index >= 15 is 0 Å². The Morgan fingerprint density at radius 3 is 1.80 bits per heavy atom. The molecule has 25 heavy (non-hydrogen) atoms. The van der Waals surface area contributed by atoms with Gasteiger partial charge >= 0.3 is 0 Å². The molecule has 0 aliphatic carbocycles. The van der Waals surface area contributed by atoms with Crippen LogP contribution in [0.2, 0.25) is 0 Å². The first-order valence-electron chi connectivity index (χ1n) is 8.95. The first kappa shape index (κ1) is 19.2. The van der Waals surface area contributed by atoms with Gasteiger partial charge in [0.2, 0.25) is 5.91 Å². The summed E-state index contributed by atoms with van der Waals surface area (Å²) >= 11 is 0. The molecule has 0 fully saturated rings. The number of amides is 1. The summed E-state index contributed by atoms with van der Waals surface area (Å²) < 4.78 is 0. The van der Waals surface area contributed by atoms with Crippen LogP contribution in [0.15, 0.2) is 36.4 Å². The molecule has 2 aromatic carbocycles. The van der Waals surface area contributed by atoms with Gasteiger partial charge in [0.05, 0.1) is 12.6 Å². The zero-order chi connectivity index (χ0) is 18.6. The minimum Gasteiger partial charge on any atom is -0.348 e. The van der Waals surface area contributed by atoms with Crippen LogP contribution < -0.4 is 10.6 Å². The van der Waals surface area contributed by atoms with Gasteiger partial charge in [-0.15, -0.1) is 0 Å². The second kappa shape index (κ2) is 8.30. The number of hydrogen-bond donors (Lipinski definition) is 2. The maximum atomic E-state index is 12.3. The summed E-state index contributed by atoms with van der Waals surface area (Å²) in [4.78, 5) is 12.3. The number of carbonyl (C=O) groups excluding carboxylic acids is 1. The van der Waals surface area contributed by atoms with Crippen molar-refractivity contribution in [2.24, 2.45) is 0 Å². The Hall–Kier alpha value is -2.13. The van der Waals surface area contributed by atoms with E-state index in [0.717, 1.165) is 0 Å². The molecule has 3 heteroatoms. The third kappa shape index (κ3) is 5.17. The predicted molar refractivity (Wildman–Crippen MR) is 105 cm³/mol. The van der Waals surface area contributed by atoms with Crippen molar-refractivity contribution >= 4 is 5.91 Å². The third-order valence-corrected chi connectivity index (χ3v) is 4.73. The van der Waals surface area contributed by atoms with Gasteiger partial charge in [0.25, 0.3) is 0 Å². The molecule has 0 saturated heterocycles. The number of nitrogens with one attached hydrogen (secondary N) is 2. The molecule has 0 spiro atoms. The van der Waals surface area contributed by atoms with Gasteiger partial charge < -0.3 is 10.6 Å². The monoisotopic (exact) mass is 338 g/mol. The largest absolute Gasteiger partial charge is 0.348 e. The van der Waals surface area contributed by atoms with Crippen LogP contribution in [0, 0.1) is 27.7 Å². The second-order valence-electron chi connectivity index (χ2n) is 7.11. The third-order valence-electron chi connectivity index (χ3n) is 4.73. The van der Waals surface area contributed by atoms with Crippen LogP contribution in [0.5, 0.6) is 0 Å². The van der Waals surface area contributed by atoms with Gasteiger partial charge in [-0.3, -0.25) is 4.79 Å². The lowest BCUT2D eigenvalue weighted by Crippen LogP contribution is -2.36. The highest BCUT2D eigenvalue weighted by atomic mass is 16.1. The van der Waals surface area contributed by atoms with Gasteiger partial charge in [-0.1, -0.05) is 47.5 Å². The van der Waals surface area contributed by atoms with Crippen LogP contribution in [0.4, 0.5) is 0 Å². The maximum Gasteiger partial charge on any atom is 0.234 e. The fraction of sp³-hybridized carbons (Fsp3) is 0.409. The molecule has 2 atom stereocenters. The summed E-state index contributed by atoms with van der Waals surface area (Å²) in [7, 11) is 0. The number of hydrogen-bond acceptors (Lipinski definition) is 2. The van der Waals surface area contributed by atoms with Crippen molar-refractivity contribution < 1.29 is 4.79 Å². The molecule has 2 rings (SSSR count). The zero-order valence-electron chi connectivity index (χ0n) is 16.2. The fourth-order valence-corrected chi connectivity index (χ4v) is 3.35. The highest BCUT2D eigenvalue weighted by Gasteiger charge is 2.14.